The Bertz CT molecular complexity index is 763. The van der Waals surface area contributed by atoms with Crippen LogP contribution in [0.15, 0.2) is 29.4 Å². The first-order valence-corrected chi connectivity index (χ1v) is 9.39. The van der Waals surface area contributed by atoms with Gasteiger partial charge < -0.3 is 15.3 Å². The summed E-state index contributed by atoms with van der Waals surface area (Å²) in [6, 6.07) is 7.21. The minimum absolute atomic E-state index is 0.0140. The molecule has 0 radical (unpaired) electrons. The second-order valence-electron chi connectivity index (χ2n) is 8.18. The highest BCUT2D eigenvalue weighted by atomic mass is 16.6. The van der Waals surface area contributed by atoms with Gasteiger partial charge in [-0.15, -0.1) is 0 Å². The lowest BCUT2D eigenvalue weighted by Crippen LogP contribution is -2.30. The molecular formula is C21H29N3O4. The number of rotatable bonds is 8. The summed E-state index contributed by atoms with van der Waals surface area (Å²) in [5.74, 6) is -0.540. The molecular weight excluding hydrogens is 358 g/mol. The van der Waals surface area contributed by atoms with Crippen LogP contribution in [-0.2, 0) is 19.2 Å². The van der Waals surface area contributed by atoms with Gasteiger partial charge in [0.25, 0.3) is 0 Å². The summed E-state index contributed by atoms with van der Waals surface area (Å²) >= 11 is 0. The first-order valence-electron chi connectivity index (χ1n) is 9.39. The molecule has 1 aliphatic rings. The predicted molar refractivity (Wildman–Crippen MR) is 107 cm³/mol. The van der Waals surface area contributed by atoms with Gasteiger partial charge in [-0.25, -0.2) is 0 Å². The molecule has 2 atom stereocenters. The molecule has 0 aromatic heterocycles. The normalized spacial score (nSPS) is 17.4. The number of ketones is 1. The lowest BCUT2D eigenvalue weighted by Gasteiger charge is -2.28. The van der Waals surface area contributed by atoms with Crippen molar-refractivity contribution in [3.8, 4) is 0 Å². The third-order valence-electron chi connectivity index (χ3n) is 4.96. The number of carbonyl (C=O) groups excluding carboxylic acids is 2. The highest BCUT2D eigenvalue weighted by Gasteiger charge is 2.33. The summed E-state index contributed by atoms with van der Waals surface area (Å²) < 4.78 is 4.88. The molecule has 3 N–H and O–H groups in total. The van der Waals surface area contributed by atoms with E-state index in [-0.39, 0.29) is 41.4 Å². The van der Waals surface area contributed by atoms with Crippen molar-refractivity contribution in [2.24, 2.45) is 22.2 Å². The molecule has 7 heteroatoms. The summed E-state index contributed by atoms with van der Waals surface area (Å²) in [6.45, 7) is 5.91. The number of ether oxygens (including phenoxy) is 1. The Morgan fingerprint density at radius 3 is 2.50 bits per heavy atom. The molecule has 1 aliphatic heterocycles. The monoisotopic (exact) mass is 387 g/mol. The number of carbonyl (C=O) groups is 2. The number of oxime groups is 1. The van der Waals surface area contributed by atoms with Crippen molar-refractivity contribution in [3.05, 3.63) is 35.4 Å². The minimum Gasteiger partial charge on any atom is -0.469 e. The van der Waals surface area contributed by atoms with E-state index in [2.05, 4.69) is 5.16 Å². The number of hydrogen-bond donors (Lipinski definition) is 2. The maximum atomic E-state index is 12.4. The van der Waals surface area contributed by atoms with E-state index in [0.717, 1.165) is 11.3 Å². The summed E-state index contributed by atoms with van der Waals surface area (Å²) in [5, 5.41) is 11.5. The Balaban J connectivity index is 1.86. The molecule has 0 aliphatic carbocycles. The smallest absolute Gasteiger partial charge is 0.309 e. The molecule has 0 amide bonds. The van der Waals surface area contributed by atoms with Crippen LogP contribution in [0.3, 0.4) is 0 Å². The third-order valence-corrected chi connectivity index (χ3v) is 4.96. The SMILES string of the molecule is COC(=O)C(CCC(=O)CC1CC(c2ccc(C(=N)N)cc2)=NO1)C(C)(C)C. The minimum atomic E-state index is -0.322. The topological polar surface area (TPSA) is 115 Å². The van der Waals surface area contributed by atoms with Gasteiger partial charge in [0.05, 0.1) is 18.7 Å². The van der Waals surface area contributed by atoms with Crippen molar-refractivity contribution in [1.82, 2.24) is 0 Å². The molecule has 152 valence electrons. The number of benzene rings is 1. The lowest BCUT2D eigenvalue weighted by atomic mass is 9.77. The van der Waals surface area contributed by atoms with Crippen molar-refractivity contribution in [1.29, 1.82) is 5.41 Å². The number of nitrogens with one attached hydrogen (secondary N) is 1. The van der Waals surface area contributed by atoms with Gasteiger partial charge in [0, 0.05) is 24.8 Å². The molecule has 1 aromatic carbocycles. The Hall–Kier alpha value is -2.70. The van der Waals surface area contributed by atoms with Crippen LogP contribution in [0.4, 0.5) is 0 Å². The van der Waals surface area contributed by atoms with E-state index in [9.17, 15) is 9.59 Å². The van der Waals surface area contributed by atoms with Gasteiger partial charge in [0.15, 0.2) is 0 Å². The molecule has 0 fully saturated rings. The number of Topliss-reactive ketones (excluding diaryl/α,β-unsaturated/α-hetero) is 1. The van der Waals surface area contributed by atoms with Gasteiger partial charge in [-0.05, 0) is 17.4 Å². The van der Waals surface area contributed by atoms with Crippen LogP contribution in [0.5, 0.6) is 0 Å². The van der Waals surface area contributed by atoms with E-state index in [1.807, 2.05) is 32.9 Å². The van der Waals surface area contributed by atoms with Crippen molar-refractivity contribution in [3.63, 3.8) is 0 Å². The van der Waals surface area contributed by atoms with Crippen LogP contribution in [-0.4, -0.2) is 36.5 Å². The average Bonchev–Trinajstić information content (AvgIpc) is 3.08. The zero-order valence-electron chi connectivity index (χ0n) is 17.0. The van der Waals surface area contributed by atoms with Crippen molar-refractivity contribution in [2.45, 2.75) is 52.6 Å². The van der Waals surface area contributed by atoms with Crippen molar-refractivity contribution in [2.75, 3.05) is 7.11 Å². The molecule has 0 bridgehead atoms. The number of esters is 1. The van der Waals surface area contributed by atoms with Crippen LogP contribution in [0.1, 0.15) is 57.6 Å². The predicted octanol–water partition coefficient (Wildman–Crippen LogP) is 3.04. The number of nitrogens with two attached hydrogens (primary N) is 1. The van der Waals surface area contributed by atoms with Gasteiger partial charge in [-0.3, -0.25) is 15.0 Å². The highest BCUT2D eigenvalue weighted by Crippen LogP contribution is 2.31. The van der Waals surface area contributed by atoms with Gasteiger partial charge in [0.1, 0.15) is 17.7 Å². The van der Waals surface area contributed by atoms with Crippen molar-refractivity contribution >= 4 is 23.3 Å². The van der Waals surface area contributed by atoms with E-state index in [1.165, 1.54) is 7.11 Å². The van der Waals surface area contributed by atoms with Crippen LogP contribution in [0, 0.1) is 16.7 Å². The Morgan fingerprint density at radius 2 is 1.96 bits per heavy atom. The fourth-order valence-corrected chi connectivity index (χ4v) is 3.26. The largest absolute Gasteiger partial charge is 0.469 e. The standard InChI is InChI=1S/C21H29N3O4/c1-21(2,3)17(20(26)27-4)10-9-15(25)11-16-12-18(24-28-16)13-5-7-14(8-6-13)19(22)23/h5-8,16-17H,9-12H2,1-4H3,(H3,22,23). The Morgan fingerprint density at radius 1 is 1.32 bits per heavy atom. The maximum absolute atomic E-state index is 12.4. The zero-order chi connectivity index (χ0) is 20.9. The maximum Gasteiger partial charge on any atom is 0.309 e. The number of hydrogen-bond acceptors (Lipinski definition) is 6. The van der Waals surface area contributed by atoms with Crippen molar-refractivity contribution < 1.29 is 19.2 Å². The molecule has 0 spiro atoms. The molecule has 0 saturated heterocycles. The van der Waals surface area contributed by atoms with E-state index >= 15 is 0 Å². The van der Waals surface area contributed by atoms with Crippen LogP contribution in [0.2, 0.25) is 0 Å². The highest BCUT2D eigenvalue weighted by molar-refractivity contribution is 6.02. The molecule has 2 unspecified atom stereocenters. The van der Waals surface area contributed by atoms with E-state index in [0.29, 0.717) is 24.8 Å². The van der Waals surface area contributed by atoms with Gasteiger partial charge in [-0.1, -0.05) is 50.2 Å². The van der Waals surface area contributed by atoms with Gasteiger partial charge in [-0.2, -0.15) is 0 Å². The Labute approximate surface area is 165 Å². The first-order chi connectivity index (χ1) is 13.1. The second-order valence-corrected chi connectivity index (χ2v) is 8.18. The first kappa shape index (κ1) is 21.6. The summed E-state index contributed by atoms with van der Waals surface area (Å²) in [7, 11) is 1.37. The number of methoxy groups -OCH3 is 1. The molecule has 0 saturated carbocycles. The molecule has 1 heterocycles. The van der Waals surface area contributed by atoms with Crippen LogP contribution < -0.4 is 5.73 Å². The number of amidine groups is 1. The second kappa shape index (κ2) is 8.99. The molecule has 1 aromatic rings. The molecule has 2 rings (SSSR count). The summed E-state index contributed by atoms with van der Waals surface area (Å²) in [4.78, 5) is 29.8. The van der Waals surface area contributed by atoms with E-state index in [1.54, 1.807) is 12.1 Å². The van der Waals surface area contributed by atoms with Gasteiger partial charge in [0.2, 0.25) is 0 Å². The summed E-state index contributed by atoms with van der Waals surface area (Å²) in [6.07, 6.45) is 1.28. The molecule has 28 heavy (non-hydrogen) atoms. The van der Waals surface area contributed by atoms with Gasteiger partial charge >= 0.3 is 5.97 Å². The molecule has 7 nitrogen and oxygen atoms in total. The number of nitrogens with zero attached hydrogens (tertiary/aromatic N) is 1. The Kier molecular flexibility index (Phi) is 6.94. The average molecular weight is 387 g/mol. The van der Waals surface area contributed by atoms with E-state index < -0.39 is 0 Å². The fraction of sp³-hybridized carbons (Fsp3) is 0.524. The quantitative estimate of drug-likeness (QED) is 0.404. The lowest BCUT2D eigenvalue weighted by molar-refractivity contribution is -0.149. The van der Waals surface area contributed by atoms with Crippen LogP contribution in [0.25, 0.3) is 0 Å². The summed E-state index contributed by atoms with van der Waals surface area (Å²) in [5.41, 5.74) is 7.50. The fourth-order valence-electron chi connectivity index (χ4n) is 3.26. The van der Waals surface area contributed by atoms with E-state index in [4.69, 9.17) is 20.7 Å². The third kappa shape index (κ3) is 5.65. The van der Waals surface area contributed by atoms with Crippen LogP contribution >= 0.6 is 0 Å². The number of nitrogen functional groups attached to an aromatic ring is 1. The zero-order valence-corrected chi connectivity index (χ0v) is 17.0.